The first-order valence-corrected chi connectivity index (χ1v) is 11.0. The van der Waals surface area contributed by atoms with Gasteiger partial charge in [0.2, 0.25) is 0 Å². The standard InChI is InChI=1S/C24H19ClN2O5S/c1-3-31-24(30)20-21(28)19(13-15-6-9-18(17(25)12-15)32-11-10-26)33-23(20)27-22(29)16-7-4-14(2)5-8-16/h4-9,12-13,28H,3,11H2,1-2H3/b19-13-,27-23?. The Morgan fingerprint density at radius 1 is 1.24 bits per heavy atom. The van der Waals surface area contributed by atoms with E-state index in [1.54, 1.807) is 55.5 Å². The lowest BCUT2D eigenvalue weighted by Gasteiger charge is -2.05. The number of amides is 1. The molecule has 3 rings (SSSR count). The van der Waals surface area contributed by atoms with Crippen LogP contribution in [0.3, 0.4) is 0 Å². The highest BCUT2D eigenvalue weighted by Crippen LogP contribution is 2.40. The number of carbonyl (C=O) groups is 2. The molecule has 168 valence electrons. The van der Waals surface area contributed by atoms with Gasteiger partial charge in [0.15, 0.2) is 6.61 Å². The molecule has 0 aromatic heterocycles. The Kier molecular flexibility index (Phi) is 7.93. The zero-order valence-electron chi connectivity index (χ0n) is 17.8. The summed E-state index contributed by atoms with van der Waals surface area (Å²) in [6.07, 6.45) is 1.60. The van der Waals surface area contributed by atoms with Crippen molar-refractivity contribution < 1.29 is 24.2 Å². The molecule has 0 fully saturated rings. The SMILES string of the molecule is CCOC(=O)C1=C(O)/C(=C/c2ccc(OCC#N)c(Cl)c2)SC1=NC(=O)c1ccc(C)cc1. The lowest BCUT2D eigenvalue weighted by Crippen LogP contribution is -2.14. The van der Waals surface area contributed by atoms with Gasteiger partial charge in [-0.3, -0.25) is 4.79 Å². The second kappa shape index (κ2) is 10.9. The van der Waals surface area contributed by atoms with Gasteiger partial charge in [0, 0.05) is 5.56 Å². The minimum atomic E-state index is -0.778. The summed E-state index contributed by atoms with van der Waals surface area (Å²) in [5, 5.41) is 19.7. The van der Waals surface area contributed by atoms with Crippen molar-refractivity contribution in [2.75, 3.05) is 13.2 Å². The van der Waals surface area contributed by atoms with Crippen LogP contribution in [0.5, 0.6) is 5.75 Å². The number of carbonyl (C=O) groups excluding carboxylic acids is 2. The monoisotopic (exact) mass is 482 g/mol. The van der Waals surface area contributed by atoms with E-state index in [2.05, 4.69) is 4.99 Å². The summed E-state index contributed by atoms with van der Waals surface area (Å²) < 4.78 is 10.3. The Morgan fingerprint density at radius 3 is 2.61 bits per heavy atom. The van der Waals surface area contributed by atoms with Crippen LogP contribution >= 0.6 is 23.4 Å². The van der Waals surface area contributed by atoms with Crippen LogP contribution in [0.1, 0.15) is 28.4 Å². The van der Waals surface area contributed by atoms with Gasteiger partial charge in [-0.25, -0.2) is 9.79 Å². The van der Waals surface area contributed by atoms with E-state index in [1.807, 2.05) is 13.0 Å². The Hall–Kier alpha value is -3.54. The molecule has 9 heteroatoms. The minimum Gasteiger partial charge on any atom is -0.506 e. The number of hydrogen-bond acceptors (Lipinski definition) is 7. The van der Waals surface area contributed by atoms with Crippen LogP contribution in [0.2, 0.25) is 5.02 Å². The van der Waals surface area contributed by atoms with Crippen molar-refractivity contribution in [2.24, 2.45) is 4.99 Å². The van der Waals surface area contributed by atoms with Crippen LogP contribution in [-0.4, -0.2) is 35.2 Å². The van der Waals surface area contributed by atoms with E-state index in [9.17, 15) is 14.7 Å². The number of aliphatic imine (C=N–C) groups is 1. The second-order valence-electron chi connectivity index (χ2n) is 6.78. The molecule has 0 bridgehead atoms. The van der Waals surface area contributed by atoms with Crippen LogP contribution in [0, 0.1) is 18.3 Å². The van der Waals surface area contributed by atoms with Crippen molar-refractivity contribution in [2.45, 2.75) is 13.8 Å². The summed E-state index contributed by atoms with van der Waals surface area (Å²) in [5.41, 5.74) is 1.78. The number of esters is 1. The molecular formula is C24H19ClN2O5S. The summed E-state index contributed by atoms with van der Waals surface area (Å²) in [7, 11) is 0. The summed E-state index contributed by atoms with van der Waals surface area (Å²) in [4.78, 5) is 29.5. The molecule has 0 aliphatic carbocycles. The van der Waals surface area contributed by atoms with Crippen LogP contribution in [0.4, 0.5) is 0 Å². The average molecular weight is 483 g/mol. The van der Waals surface area contributed by atoms with Gasteiger partial charge in [0.25, 0.3) is 5.91 Å². The third-order valence-corrected chi connectivity index (χ3v) is 5.73. The van der Waals surface area contributed by atoms with Crippen LogP contribution in [0.25, 0.3) is 6.08 Å². The average Bonchev–Trinajstić information content (AvgIpc) is 3.08. The van der Waals surface area contributed by atoms with E-state index in [4.69, 9.17) is 26.3 Å². The molecule has 1 N–H and O–H groups in total. The van der Waals surface area contributed by atoms with Crippen LogP contribution < -0.4 is 4.74 Å². The Morgan fingerprint density at radius 2 is 1.97 bits per heavy atom. The number of nitriles is 1. The third-order valence-electron chi connectivity index (χ3n) is 4.42. The van der Waals surface area contributed by atoms with Gasteiger partial charge in [0.05, 0.1) is 16.5 Å². The van der Waals surface area contributed by atoms with Gasteiger partial charge < -0.3 is 14.6 Å². The fourth-order valence-corrected chi connectivity index (χ4v) is 4.09. The van der Waals surface area contributed by atoms with E-state index >= 15 is 0 Å². The second-order valence-corrected chi connectivity index (χ2v) is 8.22. The predicted molar refractivity (Wildman–Crippen MR) is 127 cm³/mol. The van der Waals surface area contributed by atoms with Gasteiger partial charge in [-0.2, -0.15) is 5.26 Å². The number of nitrogens with zero attached hydrogens (tertiary/aromatic N) is 2. The molecule has 1 amide bonds. The van der Waals surface area contributed by atoms with Crippen molar-refractivity contribution in [3.63, 3.8) is 0 Å². The van der Waals surface area contributed by atoms with Crippen LogP contribution in [-0.2, 0) is 9.53 Å². The van der Waals surface area contributed by atoms with E-state index < -0.39 is 11.9 Å². The van der Waals surface area contributed by atoms with Crippen LogP contribution in [0.15, 0.2) is 63.7 Å². The lowest BCUT2D eigenvalue weighted by atomic mass is 10.1. The zero-order chi connectivity index (χ0) is 24.0. The number of rotatable bonds is 6. The normalized spacial score (nSPS) is 15.6. The third kappa shape index (κ3) is 5.83. The predicted octanol–water partition coefficient (Wildman–Crippen LogP) is 5.25. The van der Waals surface area contributed by atoms with Crippen molar-refractivity contribution in [1.82, 2.24) is 0 Å². The molecule has 0 spiro atoms. The minimum absolute atomic E-state index is 0.0443. The molecular weight excluding hydrogens is 464 g/mol. The van der Waals surface area contributed by atoms with E-state index in [0.717, 1.165) is 17.3 Å². The maximum atomic E-state index is 12.6. The van der Waals surface area contributed by atoms with E-state index in [-0.39, 0.29) is 34.6 Å². The van der Waals surface area contributed by atoms with Crippen molar-refractivity contribution >= 4 is 46.4 Å². The van der Waals surface area contributed by atoms with Crippen molar-refractivity contribution in [3.05, 3.63) is 80.4 Å². The molecule has 0 unspecified atom stereocenters. The quantitative estimate of drug-likeness (QED) is 0.560. The summed E-state index contributed by atoms with van der Waals surface area (Å²) in [6, 6.07) is 13.6. The summed E-state index contributed by atoms with van der Waals surface area (Å²) in [6.45, 7) is 3.49. The van der Waals surface area contributed by atoms with E-state index in [1.165, 1.54) is 0 Å². The van der Waals surface area contributed by atoms with Gasteiger partial charge in [0.1, 0.15) is 28.2 Å². The fourth-order valence-electron chi connectivity index (χ4n) is 2.83. The number of aryl methyl sites for hydroxylation is 1. The zero-order valence-corrected chi connectivity index (χ0v) is 19.4. The van der Waals surface area contributed by atoms with Crippen molar-refractivity contribution in [1.29, 1.82) is 5.26 Å². The summed E-state index contributed by atoms with van der Waals surface area (Å²) >= 11 is 7.17. The molecule has 33 heavy (non-hydrogen) atoms. The first-order valence-electron chi connectivity index (χ1n) is 9.83. The smallest absolute Gasteiger partial charge is 0.344 e. The lowest BCUT2D eigenvalue weighted by molar-refractivity contribution is -0.138. The molecule has 1 aliphatic rings. The molecule has 0 atom stereocenters. The first kappa shape index (κ1) is 24.1. The molecule has 2 aromatic rings. The fraction of sp³-hybridized carbons (Fsp3) is 0.167. The first-order chi connectivity index (χ1) is 15.8. The van der Waals surface area contributed by atoms with Gasteiger partial charge in [-0.1, -0.05) is 47.1 Å². The molecule has 2 aromatic carbocycles. The molecule has 1 aliphatic heterocycles. The number of ether oxygens (including phenoxy) is 2. The topological polar surface area (TPSA) is 109 Å². The van der Waals surface area contributed by atoms with E-state index in [0.29, 0.717) is 21.8 Å². The molecule has 1 heterocycles. The highest BCUT2D eigenvalue weighted by molar-refractivity contribution is 8.18. The Labute approximate surface area is 200 Å². The Bertz CT molecular complexity index is 1230. The molecule has 0 radical (unpaired) electrons. The highest BCUT2D eigenvalue weighted by Gasteiger charge is 2.34. The Balaban J connectivity index is 1.96. The molecule has 7 nitrogen and oxygen atoms in total. The number of hydrogen-bond donors (Lipinski definition) is 1. The number of aliphatic hydroxyl groups is 1. The maximum absolute atomic E-state index is 12.6. The maximum Gasteiger partial charge on any atom is 0.344 e. The summed E-state index contributed by atoms with van der Waals surface area (Å²) in [5.74, 6) is -1.32. The highest BCUT2D eigenvalue weighted by atomic mass is 35.5. The van der Waals surface area contributed by atoms with Gasteiger partial charge >= 0.3 is 5.97 Å². The van der Waals surface area contributed by atoms with Gasteiger partial charge in [-0.15, -0.1) is 0 Å². The molecule has 0 saturated carbocycles. The number of benzene rings is 2. The van der Waals surface area contributed by atoms with Crippen molar-refractivity contribution in [3.8, 4) is 11.8 Å². The number of halogens is 1. The molecule has 0 saturated heterocycles. The largest absolute Gasteiger partial charge is 0.506 e. The number of aliphatic hydroxyl groups excluding tert-OH is 1. The number of thioether (sulfide) groups is 1. The van der Waals surface area contributed by atoms with Gasteiger partial charge in [-0.05, 0) is 49.8 Å².